The van der Waals surface area contributed by atoms with E-state index in [1.165, 1.54) is 19.3 Å². The largest absolute Gasteiger partial charge is 0.354 e. The Hall–Kier alpha value is -2.18. The summed E-state index contributed by atoms with van der Waals surface area (Å²) in [6.07, 6.45) is 7.36. The van der Waals surface area contributed by atoms with Crippen molar-refractivity contribution in [2.45, 2.75) is 57.9 Å². The van der Waals surface area contributed by atoms with Crippen molar-refractivity contribution in [3.05, 3.63) is 18.0 Å². The van der Waals surface area contributed by atoms with Crippen LogP contribution in [0.1, 0.15) is 57.6 Å². The first-order valence-corrected chi connectivity index (χ1v) is 10.7. The predicted octanol–water partition coefficient (Wildman–Crippen LogP) is 1.94. The maximum Gasteiger partial charge on any atom is 0.225 e. The maximum atomic E-state index is 12.9. The molecule has 3 heterocycles. The fraction of sp³-hybridized carbons (Fsp3) is 0.714. The molecule has 2 amide bonds. The summed E-state index contributed by atoms with van der Waals surface area (Å²) >= 11 is 0. The number of hydrogen-bond acceptors (Lipinski definition) is 5. The molecule has 1 aliphatic carbocycles. The number of carbonyl (C=O) groups excluding carboxylic acids is 2. The van der Waals surface area contributed by atoms with Gasteiger partial charge in [0.1, 0.15) is 0 Å². The number of nitrogens with one attached hydrogen (secondary N) is 1. The van der Waals surface area contributed by atoms with Crippen molar-refractivity contribution >= 4 is 17.8 Å². The highest BCUT2D eigenvalue weighted by Gasteiger charge is 2.44. The monoisotopic (exact) mass is 385 g/mol. The summed E-state index contributed by atoms with van der Waals surface area (Å²) in [5.74, 6) is 0.815. The van der Waals surface area contributed by atoms with Gasteiger partial charge in [0.25, 0.3) is 0 Å². The van der Waals surface area contributed by atoms with Gasteiger partial charge in [-0.1, -0.05) is 0 Å². The molecule has 2 saturated heterocycles. The summed E-state index contributed by atoms with van der Waals surface area (Å²) in [4.78, 5) is 39.0. The Kier molecular flexibility index (Phi) is 5.51. The Morgan fingerprint density at radius 1 is 1.14 bits per heavy atom. The van der Waals surface area contributed by atoms with Gasteiger partial charge in [-0.05, 0) is 52.0 Å². The topological polar surface area (TPSA) is 78.4 Å². The molecule has 7 nitrogen and oxygen atoms in total. The van der Waals surface area contributed by atoms with E-state index in [0.29, 0.717) is 13.1 Å². The van der Waals surface area contributed by atoms with Gasteiger partial charge in [0.2, 0.25) is 17.8 Å². The van der Waals surface area contributed by atoms with Crippen molar-refractivity contribution in [1.29, 1.82) is 0 Å². The highest BCUT2D eigenvalue weighted by molar-refractivity contribution is 5.85. The zero-order chi connectivity index (χ0) is 19.7. The Morgan fingerprint density at radius 3 is 2.57 bits per heavy atom. The van der Waals surface area contributed by atoms with E-state index in [0.717, 1.165) is 37.6 Å². The number of piperidine rings is 1. The van der Waals surface area contributed by atoms with Crippen LogP contribution >= 0.6 is 0 Å². The van der Waals surface area contributed by atoms with Crippen molar-refractivity contribution in [3.8, 4) is 0 Å². The van der Waals surface area contributed by atoms with Crippen molar-refractivity contribution < 1.29 is 9.59 Å². The smallest absolute Gasteiger partial charge is 0.225 e. The first-order valence-electron chi connectivity index (χ1n) is 10.7. The van der Waals surface area contributed by atoms with Crippen LogP contribution in [0.25, 0.3) is 0 Å². The van der Waals surface area contributed by atoms with Crippen LogP contribution in [-0.2, 0) is 9.59 Å². The van der Waals surface area contributed by atoms with Gasteiger partial charge in [-0.25, -0.2) is 9.97 Å². The van der Waals surface area contributed by atoms with Crippen LogP contribution in [0.15, 0.2) is 12.3 Å². The lowest BCUT2D eigenvalue weighted by atomic mass is 9.91. The number of nitrogens with zero attached hydrogens (tertiary/aromatic N) is 4. The lowest BCUT2D eigenvalue weighted by molar-refractivity contribution is -0.132. The minimum Gasteiger partial charge on any atom is -0.354 e. The molecule has 1 aromatic heterocycles. The first kappa shape index (κ1) is 19.2. The summed E-state index contributed by atoms with van der Waals surface area (Å²) in [7, 11) is 0. The molecule has 28 heavy (non-hydrogen) atoms. The number of anilines is 1. The van der Waals surface area contributed by atoms with Gasteiger partial charge in [-0.2, -0.15) is 0 Å². The quantitative estimate of drug-likeness (QED) is 0.838. The summed E-state index contributed by atoms with van der Waals surface area (Å²) in [6, 6.07) is 1.99. The van der Waals surface area contributed by atoms with E-state index in [-0.39, 0.29) is 35.6 Å². The molecule has 2 aliphatic heterocycles. The molecule has 0 bridgehead atoms. The summed E-state index contributed by atoms with van der Waals surface area (Å²) in [6.45, 7) is 6.96. The van der Waals surface area contributed by atoms with Gasteiger partial charge in [0.15, 0.2) is 0 Å². The van der Waals surface area contributed by atoms with Gasteiger partial charge < -0.3 is 15.1 Å². The standard InChI is InChI=1S/C21H31N5O2/c1-14(2)23-19(27)17-13-26(20(28)15-6-7-15)12-16(17)18-8-9-22-21(24-18)25-10-4-3-5-11-25/h8-9,14-17H,3-7,10-13H2,1-2H3,(H,23,27)/t16-,17-/m0/s1. The second-order valence-electron chi connectivity index (χ2n) is 8.72. The number of aromatic nitrogens is 2. The van der Waals surface area contributed by atoms with Crippen LogP contribution < -0.4 is 10.2 Å². The number of amides is 2. The van der Waals surface area contributed by atoms with Gasteiger partial charge >= 0.3 is 0 Å². The molecule has 0 aromatic carbocycles. The molecule has 0 radical (unpaired) electrons. The van der Waals surface area contributed by atoms with E-state index in [1.807, 2.05) is 24.8 Å². The van der Waals surface area contributed by atoms with Crippen LogP contribution in [0, 0.1) is 11.8 Å². The highest BCUT2D eigenvalue weighted by Crippen LogP contribution is 2.37. The lowest BCUT2D eigenvalue weighted by Crippen LogP contribution is -2.39. The maximum absolute atomic E-state index is 12.9. The number of carbonyl (C=O) groups is 2. The third-order valence-electron chi connectivity index (χ3n) is 6.01. The highest BCUT2D eigenvalue weighted by atomic mass is 16.2. The minimum atomic E-state index is -0.255. The third-order valence-corrected chi connectivity index (χ3v) is 6.01. The predicted molar refractivity (Wildman–Crippen MR) is 107 cm³/mol. The van der Waals surface area contributed by atoms with Crippen LogP contribution in [0.2, 0.25) is 0 Å². The summed E-state index contributed by atoms with van der Waals surface area (Å²) < 4.78 is 0. The summed E-state index contributed by atoms with van der Waals surface area (Å²) in [5, 5.41) is 3.04. The molecule has 3 aliphatic rings. The molecule has 3 fully saturated rings. The number of likely N-dealkylation sites (tertiary alicyclic amines) is 1. The molecule has 152 valence electrons. The molecule has 1 saturated carbocycles. The number of hydrogen-bond donors (Lipinski definition) is 1. The molecule has 0 spiro atoms. The van der Waals surface area contributed by atoms with Gasteiger partial charge in [0, 0.05) is 50.3 Å². The van der Waals surface area contributed by atoms with Gasteiger partial charge in [-0.15, -0.1) is 0 Å². The number of rotatable bonds is 5. The molecule has 1 N–H and O–H groups in total. The Labute approximate surface area is 166 Å². The second-order valence-corrected chi connectivity index (χ2v) is 8.72. The first-order chi connectivity index (χ1) is 13.5. The van der Waals surface area contributed by atoms with Crippen molar-refractivity contribution in [2.24, 2.45) is 11.8 Å². The average molecular weight is 386 g/mol. The normalized spacial score (nSPS) is 25.2. The van der Waals surface area contributed by atoms with Gasteiger partial charge in [0.05, 0.1) is 11.6 Å². The minimum absolute atomic E-state index is 0.0178. The SMILES string of the molecule is CC(C)NC(=O)[C@H]1CN(C(=O)C2CC2)C[C@@H]1c1ccnc(N2CCCCC2)n1. The summed E-state index contributed by atoms with van der Waals surface area (Å²) in [5.41, 5.74) is 0.880. The van der Waals surface area contributed by atoms with E-state index in [2.05, 4.69) is 15.2 Å². The fourth-order valence-electron chi connectivity index (χ4n) is 4.34. The zero-order valence-electron chi connectivity index (χ0n) is 16.9. The van der Waals surface area contributed by atoms with Crippen LogP contribution in [-0.4, -0.2) is 58.9 Å². The average Bonchev–Trinajstić information content (AvgIpc) is 3.45. The van der Waals surface area contributed by atoms with Crippen molar-refractivity contribution in [2.75, 3.05) is 31.1 Å². The lowest BCUT2D eigenvalue weighted by Gasteiger charge is -2.27. The zero-order valence-corrected chi connectivity index (χ0v) is 16.9. The van der Waals surface area contributed by atoms with E-state index < -0.39 is 0 Å². The van der Waals surface area contributed by atoms with E-state index in [1.54, 1.807) is 6.20 Å². The van der Waals surface area contributed by atoms with Crippen molar-refractivity contribution in [3.63, 3.8) is 0 Å². The van der Waals surface area contributed by atoms with Gasteiger partial charge in [-0.3, -0.25) is 9.59 Å². The van der Waals surface area contributed by atoms with Crippen LogP contribution in [0.5, 0.6) is 0 Å². The molecular formula is C21H31N5O2. The van der Waals surface area contributed by atoms with E-state index in [4.69, 9.17) is 4.98 Å². The second kappa shape index (κ2) is 8.05. The van der Waals surface area contributed by atoms with Crippen LogP contribution in [0.4, 0.5) is 5.95 Å². The molecule has 4 rings (SSSR count). The Bertz CT molecular complexity index is 727. The molecule has 2 atom stereocenters. The molecule has 0 unspecified atom stereocenters. The van der Waals surface area contributed by atoms with Crippen molar-refractivity contribution in [1.82, 2.24) is 20.2 Å². The molecular weight excluding hydrogens is 354 g/mol. The van der Waals surface area contributed by atoms with E-state index in [9.17, 15) is 9.59 Å². The Balaban J connectivity index is 1.57. The fourth-order valence-corrected chi connectivity index (χ4v) is 4.34. The van der Waals surface area contributed by atoms with E-state index >= 15 is 0 Å². The Morgan fingerprint density at radius 2 is 1.89 bits per heavy atom. The molecule has 1 aromatic rings. The third kappa shape index (κ3) is 4.13. The molecule has 7 heteroatoms. The van der Waals surface area contributed by atoms with Crippen LogP contribution in [0.3, 0.4) is 0 Å².